The van der Waals surface area contributed by atoms with E-state index in [4.69, 9.17) is 0 Å². The van der Waals surface area contributed by atoms with E-state index in [1.807, 2.05) is 73.2 Å². The van der Waals surface area contributed by atoms with Gasteiger partial charge < -0.3 is 0 Å². The normalized spacial score (nSPS) is 13.3. The van der Waals surface area contributed by atoms with E-state index in [9.17, 15) is 0 Å². The van der Waals surface area contributed by atoms with Gasteiger partial charge in [-0.2, -0.15) is 0 Å². The summed E-state index contributed by atoms with van der Waals surface area (Å²) in [6, 6.07) is 0. The van der Waals surface area contributed by atoms with Gasteiger partial charge in [-0.15, -0.1) is 11.8 Å². The van der Waals surface area contributed by atoms with Crippen molar-refractivity contribution in [1.82, 2.24) is 0 Å². The molecule has 1 heteroatoms. The number of allylic oxidation sites excluding steroid dienone is 6. The first-order valence-electron chi connectivity index (χ1n) is 12.7. The van der Waals surface area contributed by atoms with Crippen molar-refractivity contribution in [3.05, 3.63) is 60.6 Å². The lowest BCUT2D eigenvalue weighted by atomic mass is 9.82. The summed E-state index contributed by atoms with van der Waals surface area (Å²) < 4.78 is 0. The van der Waals surface area contributed by atoms with Crippen LogP contribution in [0.5, 0.6) is 0 Å². The van der Waals surface area contributed by atoms with Crippen LogP contribution in [0, 0.1) is 5.41 Å². The molecule has 0 saturated carbocycles. The molecular weight excluding hydrogens is 392 g/mol. The second kappa shape index (κ2) is 43.0. The molecule has 0 aromatic heterocycles. The van der Waals surface area contributed by atoms with Gasteiger partial charge in [0, 0.05) is 4.91 Å². The molecule has 1 rings (SSSR count). The SMILES string of the molecule is C=C/C=C(\SC)C1=CC(C)(C)CCCCC1.C=CC=C.CC.CC.CC.CC.CCC. The molecule has 0 atom stereocenters. The van der Waals surface area contributed by atoms with Crippen molar-refractivity contribution in [3.63, 3.8) is 0 Å². The number of thioether (sulfide) groups is 1. The van der Waals surface area contributed by atoms with Crippen LogP contribution in [-0.4, -0.2) is 6.26 Å². The Bertz CT molecular complexity index is 377. The quantitative estimate of drug-likeness (QED) is 0.380. The van der Waals surface area contributed by atoms with Crippen molar-refractivity contribution in [3.8, 4) is 0 Å². The number of hydrogen-bond acceptors (Lipinski definition) is 1. The molecule has 0 fully saturated rings. The molecule has 0 spiro atoms. The highest BCUT2D eigenvalue weighted by atomic mass is 32.2. The Labute approximate surface area is 205 Å². The Hall–Kier alpha value is -0.950. The largest absolute Gasteiger partial charge is 0.129 e. The smallest absolute Gasteiger partial charge is 0.00979 e. The predicted octanol–water partition coefficient (Wildman–Crippen LogP) is 12.2. The van der Waals surface area contributed by atoms with Gasteiger partial charge >= 0.3 is 0 Å². The van der Waals surface area contributed by atoms with Crippen molar-refractivity contribution < 1.29 is 0 Å². The summed E-state index contributed by atoms with van der Waals surface area (Å²) in [5.74, 6) is 0. The van der Waals surface area contributed by atoms with Gasteiger partial charge in [-0.25, -0.2) is 0 Å². The maximum absolute atomic E-state index is 3.80. The molecule has 0 nitrogen and oxygen atoms in total. The fourth-order valence-corrected chi connectivity index (χ4v) is 2.95. The zero-order valence-corrected chi connectivity index (χ0v) is 25.0. The second-order valence-electron chi connectivity index (χ2n) is 6.37. The third-order valence-electron chi connectivity index (χ3n) is 3.30. The first kappa shape index (κ1) is 43.8. The van der Waals surface area contributed by atoms with E-state index in [2.05, 4.69) is 65.8 Å². The summed E-state index contributed by atoms with van der Waals surface area (Å²) in [6.45, 7) is 35.5. The maximum Gasteiger partial charge on any atom is 0.00979 e. The third kappa shape index (κ3) is 40.0. The van der Waals surface area contributed by atoms with E-state index >= 15 is 0 Å². The molecule has 0 unspecified atom stereocenters. The van der Waals surface area contributed by atoms with Gasteiger partial charge in [-0.05, 0) is 42.6 Å². The van der Waals surface area contributed by atoms with Crippen molar-refractivity contribution in [2.24, 2.45) is 5.41 Å². The van der Waals surface area contributed by atoms with E-state index in [-0.39, 0.29) is 0 Å². The standard InChI is InChI=1S/C15H24S.C4H6.C3H8.4C2H6/c1-5-9-14(16-4)13-10-7-6-8-11-15(2,3)12-13;1-3-4-2;1-3-2;4*1-2/h5,9,12H,1,6-8,10-11H2,2-4H3;3-4H,1-2H2;3H2,1-2H3;4*1-2H3/b13-12?,14-9-;;;;;;. The van der Waals surface area contributed by atoms with Crippen LogP contribution in [0.1, 0.15) is 122 Å². The highest BCUT2D eigenvalue weighted by Gasteiger charge is 2.18. The van der Waals surface area contributed by atoms with Crippen LogP contribution in [0.15, 0.2) is 60.6 Å². The summed E-state index contributed by atoms with van der Waals surface area (Å²) in [5, 5.41) is 0. The molecule has 188 valence electrons. The molecule has 0 radical (unpaired) electrons. The Kier molecular flexibility index (Phi) is 60.8. The van der Waals surface area contributed by atoms with Gasteiger partial charge in [0.15, 0.2) is 0 Å². The Morgan fingerprint density at radius 1 is 0.839 bits per heavy atom. The van der Waals surface area contributed by atoms with Gasteiger partial charge in [0.2, 0.25) is 0 Å². The summed E-state index contributed by atoms with van der Waals surface area (Å²) in [6.07, 6.45) is 19.8. The van der Waals surface area contributed by atoms with E-state index in [1.165, 1.54) is 49.0 Å². The van der Waals surface area contributed by atoms with Crippen molar-refractivity contribution >= 4 is 11.8 Å². The van der Waals surface area contributed by atoms with Crippen LogP contribution < -0.4 is 0 Å². The molecule has 0 aromatic carbocycles. The molecule has 0 bridgehead atoms. The van der Waals surface area contributed by atoms with E-state index in [1.54, 1.807) is 12.2 Å². The third-order valence-corrected chi connectivity index (χ3v) is 4.14. The highest BCUT2D eigenvalue weighted by molar-refractivity contribution is 8.02. The summed E-state index contributed by atoms with van der Waals surface area (Å²) in [4.78, 5) is 1.39. The molecule has 0 aliphatic heterocycles. The number of rotatable bonds is 4. The summed E-state index contributed by atoms with van der Waals surface area (Å²) in [7, 11) is 0. The van der Waals surface area contributed by atoms with Crippen LogP contribution in [0.2, 0.25) is 0 Å². The molecule has 1 aliphatic carbocycles. The molecular formula is C30H62S. The molecule has 0 amide bonds. The van der Waals surface area contributed by atoms with E-state index in [0.29, 0.717) is 5.41 Å². The van der Waals surface area contributed by atoms with Crippen LogP contribution in [0.3, 0.4) is 0 Å². The zero-order valence-electron chi connectivity index (χ0n) is 24.2. The topological polar surface area (TPSA) is 0 Å². The first-order chi connectivity index (χ1) is 14.9. The van der Waals surface area contributed by atoms with Crippen molar-refractivity contribution in [2.75, 3.05) is 6.26 Å². The van der Waals surface area contributed by atoms with Crippen molar-refractivity contribution in [1.29, 1.82) is 0 Å². The van der Waals surface area contributed by atoms with Crippen LogP contribution >= 0.6 is 11.8 Å². The fraction of sp³-hybridized carbons (Fsp3) is 0.667. The Morgan fingerprint density at radius 2 is 1.26 bits per heavy atom. The van der Waals surface area contributed by atoms with E-state index in [0.717, 1.165) is 0 Å². The minimum absolute atomic E-state index is 0.353. The summed E-state index contributed by atoms with van der Waals surface area (Å²) in [5.41, 5.74) is 1.88. The highest BCUT2D eigenvalue weighted by Crippen LogP contribution is 2.36. The van der Waals surface area contributed by atoms with Crippen LogP contribution in [-0.2, 0) is 0 Å². The molecule has 1 aliphatic rings. The Morgan fingerprint density at radius 3 is 1.58 bits per heavy atom. The molecule has 0 saturated heterocycles. The molecule has 31 heavy (non-hydrogen) atoms. The van der Waals surface area contributed by atoms with E-state index < -0.39 is 0 Å². The van der Waals surface area contributed by atoms with Gasteiger partial charge in [0.1, 0.15) is 0 Å². The lowest BCUT2D eigenvalue weighted by Crippen LogP contribution is -2.11. The monoisotopic (exact) mass is 454 g/mol. The van der Waals surface area contributed by atoms with Gasteiger partial charge in [0.05, 0.1) is 0 Å². The van der Waals surface area contributed by atoms with Gasteiger partial charge in [0.25, 0.3) is 0 Å². The lowest BCUT2D eigenvalue weighted by Gasteiger charge is -2.25. The minimum Gasteiger partial charge on any atom is -0.129 e. The second-order valence-corrected chi connectivity index (χ2v) is 7.22. The molecule has 0 N–H and O–H groups in total. The molecule has 0 aromatic rings. The number of hydrogen-bond donors (Lipinski definition) is 0. The van der Waals surface area contributed by atoms with Gasteiger partial charge in [-0.1, -0.05) is 146 Å². The van der Waals surface area contributed by atoms with Gasteiger partial charge in [-0.3, -0.25) is 0 Å². The summed E-state index contributed by atoms with van der Waals surface area (Å²) >= 11 is 1.84. The fourth-order valence-electron chi connectivity index (χ4n) is 2.30. The minimum atomic E-state index is 0.353. The molecule has 0 heterocycles. The maximum atomic E-state index is 3.80. The predicted molar refractivity (Wildman–Crippen MR) is 158 cm³/mol. The Balaban J connectivity index is -0.0000000867. The van der Waals surface area contributed by atoms with Crippen molar-refractivity contribution in [2.45, 2.75) is 122 Å². The van der Waals surface area contributed by atoms with Crippen LogP contribution in [0.4, 0.5) is 0 Å². The zero-order chi connectivity index (χ0) is 26.1. The van der Waals surface area contributed by atoms with Crippen LogP contribution in [0.25, 0.3) is 0 Å². The lowest BCUT2D eigenvalue weighted by molar-refractivity contribution is 0.399. The first-order valence-corrected chi connectivity index (χ1v) is 14.0. The average Bonchev–Trinajstić information content (AvgIpc) is 2.81. The average molecular weight is 455 g/mol.